The maximum atomic E-state index is 12.8. The Labute approximate surface area is 109 Å². The van der Waals surface area contributed by atoms with Gasteiger partial charge in [0, 0.05) is 6.42 Å². The number of aromatic nitrogens is 2. The number of Topliss-reactive ketones (excluding diaryl/α,β-unsaturated/α-hetero) is 1. The van der Waals surface area contributed by atoms with E-state index in [4.69, 9.17) is 0 Å². The minimum Gasteiger partial charge on any atom is -0.293 e. The van der Waals surface area contributed by atoms with Gasteiger partial charge in [-0.05, 0) is 35.6 Å². The van der Waals surface area contributed by atoms with Crippen LogP contribution in [0, 0.1) is 5.82 Å². The molecule has 0 saturated carbocycles. The number of nitrogens with zero attached hydrogens (tertiary/aromatic N) is 2. The van der Waals surface area contributed by atoms with E-state index in [1.54, 1.807) is 12.1 Å². The highest BCUT2D eigenvalue weighted by atomic mass is 32.1. The van der Waals surface area contributed by atoms with Gasteiger partial charge >= 0.3 is 0 Å². The van der Waals surface area contributed by atoms with Gasteiger partial charge in [0.15, 0.2) is 5.78 Å². The first-order valence-electron chi connectivity index (χ1n) is 5.79. The summed E-state index contributed by atoms with van der Waals surface area (Å²) in [7, 11) is 0. The zero-order chi connectivity index (χ0) is 13.0. The van der Waals surface area contributed by atoms with E-state index in [1.807, 2.05) is 6.92 Å². The molecule has 94 valence electrons. The minimum absolute atomic E-state index is 0.0000539. The van der Waals surface area contributed by atoms with E-state index in [-0.39, 0.29) is 18.0 Å². The van der Waals surface area contributed by atoms with Crippen LogP contribution < -0.4 is 0 Å². The van der Waals surface area contributed by atoms with E-state index < -0.39 is 0 Å². The van der Waals surface area contributed by atoms with Crippen LogP contribution in [0.4, 0.5) is 4.39 Å². The average Bonchev–Trinajstić information content (AvgIpc) is 2.81. The maximum absolute atomic E-state index is 12.8. The fourth-order valence-electron chi connectivity index (χ4n) is 1.69. The Balaban J connectivity index is 2.11. The highest BCUT2D eigenvalue weighted by molar-refractivity contribution is 7.08. The third-order valence-corrected chi connectivity index (χ3v) is 3.38. The molecule has 2 rings (SSSR count). The van der Waals surface area contributed by atoms with Gasteiger partial charge in [0.05, 0.1) is 5.69 Å². The zero-order valence-electron chi connectivity index (χ0n) is 10.0. The van der Waals surface area contributed by atoms with Crippen LogP contribution in [0.2, 0.25) is 0 Å². The van der Waals surface area contributed by atoms with Crippen molar-refractivity contribution in [3.8, 4) is 0 Å². The molecule has 0 radical (unpaired) electrons. The van der Waals surface area contributed by atoms with Crippen molar-refractivity contribution in [3.05, 3.63) is 46.2 Å². The molecular formula is C13H13FN2OS. The highest BCUT2D eigenvalue weighted by Crippen LogP contribution is 2.16. The van der Waals surface area contributed by atoms with Crippen LogP contribution in [0.1, 0.15) is 34.3 Å². The molecule has 0 aliphatic rings. The van der Waals surface area contributed by atoms with Gasteiger partial charge in [0.2, 0.25) is 0 Å². The molecule has 1 heterocycles. The molecule has 0 atom stereocenters. The van der Waals surface area contributed by atoms with Crippen LogP contribution in [0.25, 0.3) is 0 Å². The third-order valence-electron chi connectivity index (χ3n) is 2.57. The van der Waals surface area contributed by atoms with Gasteiger partial charge < -0.3 is 0 Å². The van der Waals surface area contributed by atoms with Gasteiger partial charge in [-0.3, -0.25) is 4.79 Å². The van der Waals surface area contributed by atoms with Crippen LogP contribution in [0.15, 0.2) is 24.3 Å². The molecule has 0 spiro atoms. The van der Waals surface area contributed by atoms with Crippen molar-refractivity contribution in [2.45, 2.75) is 26.2 Å². The van der Waals surface area contributed by atoms with Crippen molar-refractivity contribution in [2.24, 2.45) is 0 Å². The molecule has 1 aromatic heterocycles. The molecule has 0 unspecified atom stereocenters. The number of hydrogen-bond donors (Lipinski definition) is 0. The molecule has 18 heavy (non-hydrogen) atoms. The second-order valence-electron chi connectivity index (χ2n) is 4.03. The predicted molar refractivity (Wildman–Crippen MR) is 68.3 cm³/mol. The second kappa shape index (κ2) is 5.82. The van der Waals surface area contributed by atoms with E-state index in [1.165, 1.54) is 12.1 Å². The van der Waals surface area contributed by atoms with Gasteiger partial charge in [-0.25, -0.2) is 4.39 Å². The molecule has 0 bridgehead atoms. The number of carbonyl (C=O) groups excluding carboxylic acids is 1. The zero-order valence-corrected chi connectivity index (χ0v) is 10.8. The summed E-state index contributed by atoms with van der Waals surface area (Å²) in [5, 5.41) is 3.97. The Bertz CT molecular complexity index is 536. The number of aryl methyl sites for hydroxylation is 1. The number of benzene rings is 1. The van der Waals surface area contributed by atoms with Crippen LogP contribution in [0.3, 0.4) is 0 Å². The van der Waals surface area contributed by atoms with E-state index in [2.05, 4.69) is 9.59 Å². The Morgan fingerprint density at radius 1 is 1.33 bits per heavy atom. The molecule has 0 N–H and O–H groups in total. The van der Waals surface area contributed by atoms with Crippen molar-refractivity contribution in [1.29, 1.82) is 0 Å². The molecular weight excluding hydrogens is 251 g/mol. The molecule has 2 aromatic rings. The van der Waals surface area contributed by atoms with Crippen LogP contribution in [-0.4, -0.2) is 15.4 Å². The maximum Gasteiger partial charge on any atom is 0.180 e. The predicted octanol–water partition coefficient (Wildman–Crippen LogP) is 3.06. The van der Waals surface area contributed by atoms with Crippen LogP contribution in [0.5, 0.6) is 0 Å². The topological polar surface area (TPSA) is 42.9 Å². The summed E-state index contributed by atoms with van der Waals surface area (Å²) in [6.45, 7) is 2.04. The lowest BCUT2D eigenvalue weighted by Gasteiger charge is -2.00. The number of ketones is 1. The SMILES string of the molecule is CCCc1nnsc1C(=O)Cc1ccc(F)cc1. The van der Waals surface area contributed by atoms with Crippen LogP contribution >= 0.6 is 11.5 Å². The smallest absolute Gasteiger partial charge is 0.180 e. The molecule has 1 aromatic carbocycles. The van der Waals surface area contributed by atoms with E-state index >= 15 is 0 Å². The Morgan fingerprint density at radius 3 is 2.72 bits per heavy atom. The molecule has 0 amide bonds. The van der Waals surface area contributed by atoms with Crippen molar-refractivity contribution in [3.63, 3.8) is 0 Å². The number of carbonyl (C=O) groups is 1. The summed E-state index contributed by atoms with van der Waals surface area (Å²) in [4.78, 5) is 12.7. The summed E-state index contributed by atoms with van der Waals surface area (Å²) >= 11 is 1.14. The Kier molecular flexibility index (Phi) is 4.15. The summed E-state index contributed by atoms with van der Waals surface area (Å²) in [5.41, 5.74) is 1.58. The van der Waals surface area contributed by atoms with Gasteiger partial charge in [-0.2, -0.15) is 0 Å². The fraction of sp³-hybridized carbons (Fsp3) is 0.308. The van der Waals surface area contributed by atoms with Crippen molar-refractivity contribution >= 4 is 17.3 Å². The van der Waals surface area contributed by atoms with Crippen molar-refractivity contribution < 1.29 is 9.18 Å². The largest absolute Gasteiger partial charge is 0.293 e. The normalized spacial score (nSPS) is 10.6. The Morgan fingerprint density at radius 2 is 2.06 bits per heavy atom. The lowest BCUT2D eigenvalue weighted by atomic mass is 10.1. The van der Waals surface area contributed by atoms with Gasteiger partial charge in [0.1, 0.15) is 10.7 Å². The first-order valence-corrected chi connectivity index (χ1v) is 6.57. The molecule has 0 aliphatic carbocycles. The molecule has 0 aliphatic heterocycles. The summed E-state index contributed by atoms with van der Waals surface area (Å²) in [6, 6.07) is 5.98. The first kappa shape index (κ1) is 12.8. The number of rotatable bonds is 5. The molecule has 5 heteroatoms. The molecule has 3 nitrogen and oxygen atoms in total. The monoisotopic (exact) mass is 264 g/mol. The third kappa shape index (κ3) is 2.98. The van der Waals surface area contributed by atoms with Crippen LogP contribution in [-0.2, 0) is 12.8 Å². The second-order valence-corrected chi connectivity index (χ2v) is 4.78. The van der Waals surface area contributed by atoms with Gasteiger partial charge in [-0.1, -0.05) is 30.0 Å². The summed E-state index contributed by atoms with van der Waals surface area (Å²) in [6.07, 6.45) is 1.96. The summed E-state index contributed by atoms with van der Waals surface area (Å²) < 4.78 is 16.6. The fourth-order valence-corrected chi connectivity index (χ4v) is 2.33. The lowest BCUT2D eigenvalue weighted by molar-refractivity contribution is 0.0995. The van der Waals surface area contributed by atoms with Gasteiger partial charge in [-0.15, -0.1) is 5.10 Å². The quantitative estimate of drug-likeness (QED) is 0.779. The molecule has 0 saturated heterocycles. The van der Waals surface area contributed by atoms with Crippen molar-refractivity contribution in [2.75, 3.05) is 0 Å². The summed E-state index contributed by atoms with van der Waals surface area (Å²) in [5.74, 6) is -0.294. The highest BCUT2D eigenvalue weighted by Gasteiger charge is 2.15. The first-order chi connectivity index (χ1) is 8.70. The minimum atomic E-state index is -0.294. The molecule has 0 fully saturated rings. The van der Waals surface area contributed by atoms with E-state index in [0.29, 0.717) is 4.88 Å². The van der Waals surface area contributed by atoms with E-state index in [0.717, 1.165) is 35.6 Å². The number of hydrogen-bond acceptors (Lipinski definition) is 4. The van der Waals surface area contributed by atoms with Crippen molar-refractivity contribution in [1.82, 2.24) is 9.59 Å². The number of halogens is 1. The average molecular weight is 264 g/mol. The lowest BCUT2D eigenvalue weighted by Crippen LogP contribution is -2.04. The Hall–Kier alpha value is -1.62. The standard InChI is InChI=1S/C13H13FN2OS/c1-2-3-11-13(18-16-15-11)12(17)8-9-4-6-10(14)7-5-9/h4-7H,2-3,8H2,1H3. The van der Waals surface area contributed by atoms with Gasteiger partial charge in [0.25, 0.3) is 0 Å². The van der Waals surface area contributed by atoms with E-state index in [9.17, 15) is 9.18 Å².